The molecule has 0 atom stereocenters. The lowest BCUT2D eigenvalue weighted by Crippen LogP contribution is -2.29. The summed E-state index contributed by atoms with van der Waals surface area (Å²) in [6.45, 7) is 10.6. The second-order valence-electron chi connectivity index (χ2n) is 11.9. The number of methoxy groups -OCH3 is 1. The molecule has 3 aromatic carbocycles. The molecule has 0 spiro atoms. The zero-order valence-electron chi connectivity index (χ0n) is 29.3. The maximum atomic E-state index is 12.2. The van der Waals surface area contributed by atoms with E-state index in [9.17, 15) is 19.7 Å². The standard InChI is InChI=1S/C17H17Cl2NO3.C17H28N4O5/c1-3-22-10-23-17(21)12-6-4-5-7-14(12)20-16-13(18)9-8-11(2)15(16)19;1-17(2,3)26-16(22)18-12-10-14(21(23)24)13(11-15(12)25-7)20(6)9-8-19(4)5/h4-9,20H,3,10H2,1-2H3;10-11H,8-9H2,1-7H3,(H,18,22). The van der Waals surface area contributed by atoms with Crippen molar-refractivity contribution in [3.05, 3.63) is 79.8 Å². The van der Waals surface area contributed by atoms with Gasteiger partial charge in [0.25, 0.3) is 5.69 Å². The fourth-order valence-electron chi connectivity index (χ4n) is 4.09. The second-order valence-corrected chi connectivity index (χ2v) is 12.7. The molecule has 0 saturated heterocycles. The molecule has 0 aliphatic heterocycles. The molecule has 0 aliphatic rings. The first-order valence-electron chi connectivity index (χ1n) is 15.3. The zero-order chi connectivity index (χ0) is 36.9. The van der Waals surface area contributed by atoms with Crippen molar-refractivity contribution in [1.29, 1.82) is 0 Å². The predicted octanol–water partition coefficient (Wildman–Crippen LogP) is 8.14. The number of aryl methyl sites for hydroxylation is 1. The van der Waals surface area contributed by atoms with Gasteiger partial charge in [0.1, 0.15) is 17.0 Å². The summed E-state index contributed by atoms with van der Waals surface area (Å²) in [5, 5.41) is 18.1. The zero-order valence-corrected chi connectivity index (χ0v) is 30.8. The molecular weight excluding hydrogens is 677 g/mol. The predicted molar refractivity (Wildman–Crippen MR) is 194 cm³/mol. The minimum absolute atomic E-state index is 0.0877. The van der Waals surface area contributed by atoms with Gasteiger partial charge in [-0.3, -0.25) is 15.4 Å². The lowest BCUT2D eigenvalue weighted by molar-refractivity contribution is -0.384. The molecule has 2 N–H and O–H groups in total. The Labute approximate surface area is 297 Å². The number of para-hydroxylation sites is 1. The van der Waals surface area contributed by atoms with E-state index in [4.69, 9.17) is 42.1 Å². The summed E-state index contributed by atoms with van der Waals surface area (Å²) < 4.78 is 20.6. The van der Waals surface area contributed by atoms with Crippen LogP contribution < -0.4 is 20.3 Å². The Hall–Kier alpha value is -4.30. The van der Waals surface area contributed by atoms with E-state index in [0.29, 0.717) is 51.6 Å². The molecule has 13 nitrogen and oxygen atoms in total. The summed E-state index contributed by atoms with van der Waals surface area (Å²) >= 11 is 12.5. The molecule has 0 unspecified atom stereocenters. The molecule has 3 aromatic rings. The SMILES string of the molecule is CCOCOC(=O)c1ccccc1Nc1c(Cl)ccc(C)c1Cl.COc1cc(N(C)CCN(C)C)c([N+](=O)[O-])cc1NC(=O)OC(C)(C)C. The number of carbonyl (C=O) groups is 2. The van der Waals surface area contributed by atoms with Crippen LogP contribution in [0, 0.1) is 17.0 Å². The summed E-state index contributed by atoms with van der Waals surface area (Å²) in [6, 6.07) is 13.4. The number of carbonyl (C=O) groups excluding carboxylic acids is 2. The summed E-state index contributed by atoms with van der Waals surface area (Å²) in [6.07, 6.45) is -0.709. The summed E-state index contributed by atoms with van der Waals surface area (Å²) in [5.74, 6) is -0.172. The van der Waals surface area contributed by atoms with Crippen LogP contribution in [-0.4, -0.2) is 82.2 Å². The van der Waals surface area contributed by atoms with E-state index in [1.54, 1.807) is 69.1 Å². The fourth-order valence-corrected chi connectivity index (χ4v) is 4.56. The largest absolute Gasteiger partial charge is 0.494 e. The first kappa shape index (κ1) is 40.9. The number of halogens is 2. The van der Waals surface area contributed by atoms with E-state index in [1.165, 1.54) is 13.2 Å². The van der Waals surface area contributed by atoms with Crippen molar-refractivity contribution in [3.63, 3.8) is 0 Å². The minimum Gasteiger partial charge on any atom is -0.494 e. The van der Waals surface area contributed by atoms with Gasteiger partial charge in [0.15, 0.2) is 6.79 Å². The van der Waals surface area contributed by atoms with Gasteiger partial charge < -0.3 is 34.1 Å². The lowest BCUT2D eigenvalue weighted by atomic mass is 10.1. The first-order valence-corrected chi connectivity index (χ1v) is 16.0. The average molecular weight is 723 g/mol. The van der Waals surface area contributed by atoms with Crippen molar-refractivity contribution in [2.24, 2.45) is 0 Å². The second kappa shape index (κ2) is 19.0. The molecule has 49 heavy (non-hydrogen) atoms. The van der Waals surface area contributed by atoms with Crippen molar-refractivity contribution in [3.8, 4) is 5.75 Å². The smallest absolute Gasteiger partial charge is 0.412 e. The quantitative estimate of drug-likeness (QED) is 0.0580. The van der Waals surface area contributed by atoms with E-state index in [-0.39, 0.29) is 18.2 Å². The van der Waals surface area contributed by atoms with Gasteiger partial charge in [-0.15, -0.1) is 0 Å². The highest BCUT2D eigenvalue weighted by Crippen LogP contribution is 2.38. The number of nitro groups is 1. The maximum absolute atomic E-state index is 12.2. The summed E-state index contributed by atoms with van der Waals surface area (Å²) in [4.78, 5) is 38.9. The van der Waals surface area contributed by atoms with Gasteiger partial charge in [0.2, 0.25) is 0 Å². The number of esters is 1. The Morgan fingerprint density at radius 1 is 1.00 bits per heavy atom. The molecule has 0 heterocycles. The highest BCUT2D eigenvalue weighted by molar-refractivity contribution is 6.39. The van der Waals surface area contributed by atoms with Crippen LogP contribution in [0.15, 0.2) is 48.5 Å². The van der Waals surface area contributed by atoms with Crippen molar-refractivity contribution in [2.45, 2.75) is 40.2 Å². The van der Waals surface area contributed by atoms with Gasteiger partial charge in [0.05, 0.1) is 44.7 Å². The third kappa shape index (κ3) is 12.9. The number of likely N-dealkylation sites (N-methyl/N-ethyl adjacent to an activating group) is 2. The number of nitrogens with one attached hydrogen (secondary N) is 2. The minimum atomic E-state index is -0.709. The van der Waals surface area contributed by atoms with E-state index in [0.717, 1.165) is 12.1 Å². The van der Waals surface area contributed by atoms with E-state index in [1.807, 2.05) is 38.9 Å². The Morgan fingerprint density at radius 3 is 2.27 bits per heavy atom. The molecule has 0 saturated carbocycles. The first-order chi connectivity index (χ1) is 23.0. The van der Waals surface area contributed by atoms with Crippen LogP contribution in [0.25, 0.3) is 0 Å². The van der Waals surface area contributed by atoms with Gasteiger partial charge in [-0.25, -0.2) is 9.59 Å². The number of nitrogens with zero attached hydrogens (tertiary/aromatic N) is 3. The molecule has 268 valence electrons. The van der Waals surface area contributed by atoms with Gasteiger partial charge in [0, 0.05) is 38.9 Å². The third-order valence-electron chi connectivity index (χ3n) is 6.59. The molecule has 1 amide bonds. The van der Waals surface area contributed by atoms with Gasteiger partial charge in [-0.05, 0) is 72.5 Å². The highest BCUT2D eigenvalue weighted by Gasteiger charge is 2.24. The Kier molecular flexibility index (Phi) is 15.9. The number of anilines is 4. The number of ether oxygens (including phenoxy) is 4. The van der Waals surface area contributed by atoms with Gasteiger partial charge in [-0.1, -0.05) is 41.4 Å². The molecular formula is C34H45Cl2N5O8. The fraction of sp³-hybridized carbons (Fsp3) is 0.412. The number of hydrogen-bond donors (Lipinski definition) is 2. The maximum Gasteiger partial charge on any atom is 0.412 e. The van der Waals surface area contributed by atoms with Crippen molar-refractivity contribution in [2.75, 3.05) is 70.3 Å². The Bertz CT molecular complexity index is 1600. The van der Waals surface area contributed by atoms with E-state index >= 15 is 0 Å². The summed E-state index contributed by atoms with van der Waals surface area (Å²) in [5.41, 5.74) is 2.15. The van der Waals surface area contributed by atoms with Crippen LogP contribution in [-0.2, 0) is 14.2 Å². The average Bonchev–Trinajstić information content (AvgIpc) is 3.03. The number of amides is 1. The molecule has 0 aromatic heterocycles. The molecule has 0 aliphatic carbocycles. The van der Waals surface area contributed by atoms with Crippen molar-refractivity contribution in [1.82, 2.24) is 4.90 Å². The van der Waals surface area contributed by atoms with Crippen LogP contribution in [0.1, 0.15) is 43.6 Å². The molecule has 15 heteroatoms. The third-order valence-corrected chi connectivity index (χ3v) is 7.39. The molecule has 0 bridgehead atoms. The van der Waals surface area contributed by atoms with Gasteiger partial charge in [-0.2, -0.15) is 0 Å². The molecule has 0 radical (unpaired) electrons. The highest BCUT2D eigenvalue weighted by atomic mass is 35.5. The molecule has 0 fully saturated rings. The number of rotatable bonds is 13. The van der Waals surface area contributed by atoms with Crippen molar-refractivity contribution >= 4 is 63.7 Å². The number of nitro benzene ring substituents is 1. The molecule has 3 rings (SSSR count). The van der Waals surface area contributed by atoms with Crippen LogP contribution >= 0.6 is 23.2 Å². The van der Waals surface area contributed by atoms with Crippen LogP contribution in [0.2, 0.25) is 10.0 Å². The normalized spacial score (nSPS) is 10.9. The lowest BCUT2D eigenvalue weighted by Gasteiger charge is -2.23. The van der Waals surface area contributed by atoms with E-state index in [2.05, 4.69) is 10.6 Å². The van der Waals surface area contributed by atoms with Crippen LogP contribution in [0.3, 0.4) is 0 Å². The monoisotopic (exact) mass is 721 g/mol. The number of hydrogen-bond acceptors (Lipinski definition) is 11. The van der Waals surface area contributed by atoms with Crippen LogP contribution in [0.4, 0.5) is 33.2 Å². The Balaban J connectivity index is 0.000000342. The van der Waals surface area contributed by atoms with Crippen LogP contribution in [0.5, 0.6) is 5.75 Å². The topological polar surface area (TPSA) is 145 Å². The summed E-state index contributed by atoms with van der Waals surface area (Å²) in [7, 11) is 7.06. The van der Waals surface area contributed by atoms with Gasteiger partial charge >= 0.3 is 12.1 Å². The van der Waals surface area contributed by atoms with Crippen molar-refractivity contribution < 1.29 is 33.5 Å². The number of benzene rings is 3. The Morgan fingerprint density at radius 2 is 1.67 bits per heavy atom. The van der Waals surface area contributed by atoms with E-state index < -0.39 is 22.6 Å².